The quantitative estimate of drug-likeness (QED) is 0.445. The zero-order valence-corrected chi connectivity index (χ0v) is 8.56. The zero-order chi connectivity index (χ0) is 9.94. The fraction of sp³-hybridized carbons (Fsp3) is 0.727. The van der Waals surface area contributed by atoms with E-state index in [2.05, 4.69) is 11.8 Å². The van der Waals surface area contributed by atoms with Crippen molar-refractivity contribution < 1.29 is 9.53 Å². The van der Waals surface area contributed by atoms with Gasteiger partial charge in [-0.15, -0.1) is 11.8 Å². The molecule has 0 rings (SSSR count). The maximum Gasteiger partial charge on any atom is 0.132 e. The summed E-state index contributed by atoms with van der Waals surface area (Å²) in [6, 6.07) is 0. The molecule has 0 amide bonds. The van der Waals surface area contributed by atoms with E-state index in [0.29, 0.717) is 13.0 Å². The number of ether oxygens (including phenoxy) is 1. The van der Waals surface area contributed by atoms with E-state index in [1.54, 1.807) is 6.92 Å². The van der Waals surface area contributed by atoms with Gasteiger partial charge >= 0.3 is 0 Å². The molecule has 0 aliphatic rings. The van der Waals surface area contributed by atoms with Gasteiger partial charge in [0.15, 0.2) is 0 Å². The standard InChI is InChI=1S/C11H18O2/c1-3-4-5-6-7-9-13-10-8-11(2)12/h5-10H2,1-2H3. The first kappa shape index (κ1) is 12.2. The van der Waals surface area contributed by atoms with Crippen LogP contribution >= 0.6 is 0 Å². The molecule has 0 aliphatic heterocycles. The Kier molecular flexibility index (Phi) is 8.70. The molecule has 0 unspecified atom stereocenters. The summed E-state index contributed by atoms with van der Waals surface area (Å²) in [6.45, 7) is 4.75. The van der Waals surface area contributed by atoms with Crippen LogP contribution in [0.5, 0.6) is 0 Å². The molecule has 0 saturated heterocycles. The molecule has 0 radical (unpaired) electrons. The minimum atomic E-state index is 0.192. The maximum absolute atomic E-state index is 10.5. The van der Waals surface area contributed by atoms with E-state index < -0.39 is 0 Å². The van der Waals surface area contributed by atoms with Crippen LogP contribution < -0.4 is 0 Å². The third kappa shape index (κ3) is 11.2. The molecular weight excluding hydrogens is 164 g/mol. The number of hydrogen-bond acceptors (Lipinski definition) is 2. The van der Waals surface area contributed by atoms with Crippen LogP contribution in [-0.4, -0.2) is 19.0 Å². The smallest absolute Gasteiger partial charge is 0.132 e. The topological polar surface area (TPSA) is 26.3 Å². The van der Waals surface area contributed by atoms with E-state index in [9.17, 15) is 4.79 Å². The van der Waals surface area contributed by atoms with Crippen molar-refractivity contribution in [1.29, 1.82) is 0 Å². The van der Waals surface area contributed by atoms with Crippen molar-refractivity contribution in [3.63, 3.8) is 0 Å². The van der Waals surface area contributed by atoms with Crippen LogP contribution in [0.1, 0.15) is 39.5 Å². The molecule has 0 aromatic rings. The number of carbonyl (C=O) groups is 1. The van der Waals surface area contributed by atoms with E-state index in [-0.39, 0.29) is 5.78 Å². The van der Waals surface area contributed by atoms with Crippen molar-refractivity contribution in [2.24, 2.45) is 0 Å². The molecule has 0 heterocycles. The maximum atomic E-state index is 10.5. The van der Waals surface area contributed by atoms with Crippen LogP contribution in [0.3, 0.4) is 0 Å². The third-order valence-corrected chi connectivity index (χ3v) is 1.62. The summed E-state index contributed by atoms with van der Waals surface area (Å²) < 4.78 is 5.26. The molecule has 2 heteroatoms. The second-order valence-corrected chi connectivity index (χ2v) is 2.95. The van der Waals surface area contributed by atoms with E-state index >= 15 is 0 Å². The normalized spacial score (nSPS) is 9.08. The van der Waals surface area contributed by atoms with Gasteiger partial charge < -0.3 is 4.74 Å². The Labute approximate surface area is 80.7 Å². The van der Waals surface area contributed by atoms with Crippen molar-refractivity contribution >= 4 is 5.78 Å². The molecule has 0 saturated carbocycles. The van der Waals surface area contributed by atoms with Gasteiger partial charge in [0.2, 0.25) is 0 Å². The molecule has 0 aromatic carbocycles. The number of ketones is 1. The lowest BCUT2D eigenvalue weighted by molar-refractivity contribution is -0.118. The summed E-state index contributed by atoms with van der Waals surface area (Å²) >= 11 is 0. The number of unbranched alkanes of at least 4 members (excludes halogenated alkanes) is 2. The first-order chi connectivity index (χ1) is 6.27. The van der Waals surface area contributed by atoms with Crippen molar-refractivity contribution in [2.45, 2.75) is 39.5 Å². The monoisotopic (exact) mass is 182 g/mol. The highest BCUT2D eigenvalue weighted by Gasteiger charge is 1.92. The Hall–Kier alpha value is -0.810. The Morgan fingerprint density at radius 3 is 2.69 bits per heavy atom. The molecular formula is C11H18O2. The van der Waals surface area contributed by atoms with E-state index in [1.807, 2.05) is 6.92 Å². The van der Waals surface area contributed by atoms with Crippen molar-refractivity contribution in [3.05, 3.63) is 0 Å². The molecule has 0 aliphatic carbocycles. The van der Waals surface area contributed by atoms with Gasteiger partial charge in [-0.05, 0) is 26.7 Å². The Morgan fingerprint density at radius 2 is 2.08 bits per heavy atom. The molecule has 13 heavy (non-hydrogen) atoms. The van der Waals surface area contributed by atoms with E-state index in [1.165, 1.54) is 0 Å². The highest BCUT2D eigenvalue weighted by atomic mass is 16.5. The zero-order valence-electron chi connectivity index (χ0n) is 8.56. The second kappa shape index (κ2) is 9.28. The summed E-state index contributed by atoms with van der Waals surface area (Å²) in [5, 5.41) is 0. The van der Waals surface area contributed by atoms with Crippen molar-refractivity contribution in [3.8, 4) is 11.8 Å². The molecule has 0 spiro atoms. The first-order valence-electron chi connectivity index (χ1n) is 4.74. The fourth-order valence-corrected chi connectivity index (χ4v) is 0.860. The van der Waals surface area contributed by atoms with Crippen LogP contribution in [0.15, 0.2) is 0 Å². The van der Waals surface area contributed by atoms with Crippen LogP contribution in [0.25, 0.3) is 0 Å². The van der Waals surface area contributed by atoms with Gasteiger partial charge in [0.25, 0.3) is 0 Å². The van der Waals surface area contributed by atoms with E-state index in [0.717, 1.165) is 25.9 Å². The predicted octanol–water partition coefficient (Wildman–Crippen LogP) is 2.18. The summed E-state index contributed by atoms with van der Waals surface area (Å²) in [5.41, 5.74) is 0. The van der Waals surface area contributed by atoms with Crippen molar-refractivity contribution in [1.82, 2.24) is 0 Å². The third-order valence-electron chi connectivity index (χ3n) is 1.62. The van der Waals surface area contributed by atoms with Gasteiger partial charge in [-0.2, -0.15) is 0 Å². The Balaban J connectivity index is 2.98. The molecule has 74 valence electrons. The second-order valence-electron chi connectivity index (χ2n) is 2.95. The molecule has 0 fully saturated rings. The van der Waals surface area contributed by atoms with Gasteiger partial charge in [-0.25, -0.2) is 0 Å². The predicted molar refractivity (Wildman–Crippen MR) is 53.4 cm³/mol. The SMILES string of the molecule is CC#CCCCCOCCC(C)=O. The number of hydrogen-bond donors (Lipinski definition) is 0. The lowest BCUT2D eigenvalue weighted by atomic mass is 10.2. The summed E-state index contributed by atoms with van der Waals surface area (Å²) in [4.78, 5) is 10.5. The average molecular weight is 182 g/mol. The average Bonchev–Trinajstić information content (AvgIpc) is 2.09. The van der Waals surface area contributed by atoms with Crippen LogP contribution in [-0.2, 0) is 9.53 Å². The number of rotatable bonds is 7. The summed E-state index contributed by atoms with van der Waals surface area (Å²) in [6.07, 6.45) is 3.61. The Morgan fingerprint density at radius 1 is 1.31 bits per heavy atom. The van der Waals surface area contributed by atoms with Crippen molar-refractivity contribution in [2.75, 3.05) is 13.2 Å². The lowest BCUT2D eigenvalue weighted by Crippen LogP contribution is -2.01. The molecule has 0 bridgehead atoms. The fourth-order valence-electron chi connectivity index (χ4n) is 0.860. The van der Waals surface area contributed by atoms with Gasteiger partial charge in [0.1, 0.15) is 5.78 Å². The number of Topliss-reactive ketones (excluding diaryl/α,β-unsaturated/α-hetero) is 1. The van der Waals surface area contributed by atoms with Gasteiger partial charge in [0.05, 0.1) is 6.61 Å². The van der Waals surface area contributed by atoms with Crippen LogP contribution in [0.4, 0.5) is 0 Å². The minimum absolute atomic E-state index is 0.192. The number of carbonyl (C=O) groups excluding carboxylic acids is 1. The molecule has 0 aromatic heterocycles. The van der Waals surface area contributed by atoms with Gasteiger partial charge in [0, 0.05) is 19.4 Å². The van der Waals surface area contributed by atoms with E-state index in [4.69, 9.17) is 4.74 Å². The summed E-state index contributed by atoms with van der Waals surface area (Å²) in [5.74, 6) is 6.04. The molecule has 2 nitrogen and oxygen atoms in total. The minimum Gasteiger partial charge on any atom is -0.381 e. The highest BCUT2D eigenvalue weighted by Crippen LogP contribution is 1.95. The first-order valence-corrected chi connectivity index (χ1v) is 4.74. The molecule has 0 N–H and O–H groups in total. The lowest BCUT2D eigenvalue weighted by Gasteiger charge is -2.00. The largest absolute Gasteiger partial charge is 0.381 e. The van der Waals surface area contributed by atoms with Crippen LogP contribution in [0, 0.1) is 11.8 Å². The molecule has 0 atom stereocenters. The summed E-state index contributed by atoms with van der Waals surface area (Å²) in [7, 11) is 0. The highest BCUT2D eigenvalue weighted by molar-refractivity contribution is 5.75. The van der Waals surface area contributed by atoms with Gasteiger partial charge in [-0.3, -0.25) is 4.79 Å². The van der Waals surface area contributed by atoms with Crippen LogP contribution in [0.2, 0.25) is 0 Å². The Bertz CT molecular complexity index is 186. The van der Waals surface area contributed by atoms with Gasteiger partial charge in [-0.1, -0.05) is 0 Å².